The lowest BCUT2D eigenvalue weighted by Crippen LogP contribution is -2.44. The zero-order chi connectivity index (χ0) is 11.1. The Labute approximate surface area is 83.9 Å². The van der Waals surface area contributed by atoms with Gasteiger partial charge in [-0.3, -0.25) is 9.59 Å². The average molecular weight is 199 g/mol. The van der Waals surface area contributed by atoms with Crippen molar-refractivity contribution in [1.82, 2.24) is 4.90 Å². The van der Waals surface area contributed by atoms with E-state index in [-0.39, 0.29) is 23.8 Å². The monoisotopic (exact) mass is 199 g/mol. The van der Waals surface area contributed by atoms with E-state index < -0.39 is 11.9 Å². The van der Waals surface area contributed by atoms with Crippen LogP contribution in [-0.4, -0.2) is 35.0 Å². The molecule has 0 saturated carbocycles. The van der Waals surface area contributed by atoms with E-state index >= 15 is 0 Å². The minimum atomic E-state index is -0.873. The number of carboxylic acid groups (broad SMARTS) is 1. The molecule has 0 spiro atoms. The lowest BCUT2D eigenvalue weighted by atomic mass is 9.79. The molecule has 1 fully saturated rings. The van der Waals surface area contributed by atoms with Crippen molar-refractivity contribution in [1.29, 1.82) is 0 Å². The summed E-state index contributed by atoms with van der Waals surface area (Å²) in [5, 5.41) is 9.00. The summed E-state index contributed by atoms with van der Waals surface area (Å²) in [6, 6.07) is -0.201. The first kappa shape index (κ1) is 11.0. The minimum Gasteiger partial charge on any atom is -0.481 e. The number of rotatable bonds is 1. The fraction of sp³-hybridized carbons (Fsp3) is 0.800. The van der Waals surface area contributed by atoms with Crippen LogP contribution in [0.15, 0.2) is 0 Å². The Hall–Kier alpha value is -1.06. The van der Waals surface area contributed by atoms with E-state index in [1.807, 2.05) is 20.8 Å². The minimum absolute atomic E-state index is 0.0719. The van der Waals surface area contributed by atoms with Crippen LogP contribution in [0.25, 0.3) is 0 Å². The maximum Gasteiger partial charge on any atom is 0.309 e. The molecule has 1 N–H and O–H groups in total. The summed E-state index contributed by atoms with van der Waals surface area (Å²) in [4.78, 5) is 23.9. The lowest BCUT2D eigenvalue weighted by Gasteiger charge is -2.34. The third kappa shape index (κ3) is 1.74. The summed E-state index contributed by atoms with van der Waals surface area (Å²) < 4.78 is 0. The van der Waals surface area contributed by atoms with Gasteiger partial charge in [0.15, 0.2) is 0 Å². The summed E-state index contributed by atoms with van der Waals surface area (Å²) in [5.41, 5.74) is -0.191. The number of carbonyl (C=O) groups excluding carboxylic acids is 1. The largest absolute Gasteiger partial charge is 0.481 e. The van der Waals surface area contributed by atoms with Crippen LogP contribution in [0.1, 0.15) is 27.2 Å². The summed E-state index contributed by atoms with van der Waals surface area (Å²) in [5.74, 6) is -1.51. The Morgan fingerprint density at radius 3 is 2.29 bits per heavy atom. The number of carbonyl (C=O) groups is 2. The van der Waals surface area contributed by atoms with Crippen LogP contribution in [0.2, 0.25) is 0 Å². The molecular formula is C10H17NO3. The lowest BCUT2D eigenvalue weighted by molar-refractivity contribution is -0.143. The molecule has 1 aliphatic rings. The van der Waals surface area contributed by atoms with Gasteiger partial charge < -0.3 is 10.0 Å². The molecule has 0 bridgehead atoms. The van der Waals surface area contributed by atoms with Crippen molar-refractivity contribution in [3.63, 3.8) is 0 Å². The van der Waals surface area contributed by atoms with E-state index in [1.165, 1.54) is 0 Å². The Bertz CT molecular complexity index is 267. The van der Waals surface area contributed by atoms with Gasteiger partial charge in [0.1, 0.15) is 0 Å². The first-order valence-corrected chi connectivity index (χ1v) is 4.73. The third-order valence-electron chi connectivity index (χ3n) is 2.79. The highest BCUT2D eigenvalue weighted by molar-refractivity contribution is 5.87. The van der Waals surface area contributed by atoms with Gasteiger partial charge in [-0.25, -0.2) is 0 Å². The van der Waals surface area contributed by atoms with Crippen molar-refractivity contribution < 1.29 is 14.7 Å². The zero-order valence-electron chi connectivity index (χ0n) is 9.07. The number of hydrogen-bond acceptors (Lipinski definition) is 2. The summed E-state index contributed by atoms with van der Waals surface area (Å²) in [7, 11) is 1.68. The molecule has 2 unspecified atom stereocenters. The predicted octanol–water partition coefficient (Wildman–Crippen LogP) is 0.964. The van der Waals surface area contributed by atoms with Crippen LogP contribution in [0.5, 0.6) is 0 Å². The number of aliphatic carboxylic acids is 1. The van der Waals surface area contributed by atoms with Gasteiger partial charge in [-0.2, -0.15) is 0 Å². The fourth-order valence-corrected chi connectivity index (χ4v) is 2.28. The molecule has 4 nitrogen and oxygen atoms in total. The van der Waals surface area contributed by atoms with Gasteiger partial charge in [-0.1, -0.05) is 20.8 Å². The smallest absolute Gasteiger partial charge is 0.309 e. The summed E-state index contributed by atoms with van der Waals surface area (Å²) in [6.07, 6.45) is 0.133. The van der Waals surface area contributed by atoms with Crippen molar-refractivity contribution in [2.45, 2.75) is 33.2 Å². The SMILES string of the molecule is CN1C(=O)CC(C(=O)O)C1C(C)(C)C. The van der Waals surface area contributed by atoms with E-state index in [0.29, 0.717) is 0 Å². The van der Waals surface area contributed by atoms with E-state index in [0.717, 1.165) is 0 Å². The molecule has 0 aromatic carbocycles. The van der Waals surface area contributed by atoms with E-state index in [9.17, 15) is 9.59 Å². The van der Waals surface area contributed by atoms with Gasteiger partial charge >= 0.3 is 5.97 Å². The quantitative estimate of drug-likeness (QED) is 0.684. The van der Waals surface area contributed by atoms with Gasteiger partial charge in [-0.05, 0) is 5.41 Å². The van der Waals surface area contributed by atoms with Crippen molar-refractivity contribution in [2.75, 3.05) is 7.05 Å². The standard InChI is InChI=1S/C10H17NO3/c1-10(2,3)8-6(9(13)14)5-7(12)11(8)4/h6,8H,5H2,1-4H3,(H,13,14). The molecule has 0 aliphatic carbocycles. The first-order valence-electron chi connectivity index (χ1n) is 4.73. The molecule has 1 saturated heterocycles. The Balaban J connectivity index is 2.99. The third-order valence-corrected chi connectivity index (χ3v) is 2.79. The van der Waals surface area contributed by atoms with Crippen LogP contribution in [0, 0.1) is 11.3 Å². The normalized spacial score (nSPS) is 28.3. The van der Waals surface area contributed by atoms with Crippen molar-refractivity contribution >= 4 is 11.9 Å². The first-order chi connectivity index (χ1) is 6.25. The van der Waals surface area contributed by atoms with Crippen molar-refractivity contribution in [3.8, 4) is 0 Å². The maximum absolute atomic E-state index is 11.4. The highest BCUT2D eigenvalue weighted by atomic mass is 16.4. The molecule has 1 amide bonds. The molecule has 4 heteroatoms. The molecular weight excluding hydrogens is 182 g/mol. The molecule has 1 rings (SSSR count). The van der Waals surface area contributed by atoms with Crippen LogP contribution in [0.3, 0.4) is 0 Å². The topological polar surface area (TPSA) is 57.6 Å². The van der Waals surface area contributed by atoms with Crippen LogP contribution < -0.4 is 0 Å². The number of amides is 1. The second-order valence-corrected chi connectivity index (χ2v) is 4.96. The van der Waals surface area contributed by atoms with Gasteiger partial charge in [0.05, 0.1) is 5.92 Å². The average Bonchev–Trinajstić information content (AvgIpc) is 2.27. The predicted molar refractivity (Wildman–Crippen MR) is 51.8 cm³/mol. The molecule has 2 atom stereocenters. The van der Waals surface area contributed by atoms with Gasteiger partial charge in [0, 0.05) is 19.5 Å². The number of carboxylic acids is 1. The van der Waals surface area contributed by atoms with E-state index in [4.69, 9.17) is 5.11 Å². The van der Waals surface area contributed by atoms with Gasteiger partial charge in [0.25, 0.3) is 0 Å². The second-order valence-electron chi connectivity index (χ2n) is 4.96. The molecule has 80 valence electrons. The number of nitrogens with zero attached hydrogens (tertiary/aromatic N) is 1. The zero-order valence-corrected chi connectivity index (χ0v) is 9.07. The van der Waals surface area contributed by atoms with E-state index in [1.54, 1.807) is 11.9 Å². The Kier molecular flexibility index (Phi) is 2.56. The van der Waals surface area contributed by atoms with Gasteiger partial charge in [-0.15, -0.1) is 0 Å². The van der Waals surface area contributed by atoms with Gasteiger partial charge in [0.2, 0.25) is 5.91 Å². The fourth-order valence-electron chi connectivity index (χ4n) is 2.28. The molecule has 1 heterocycles. The van der Waals surface area contributed by atoms with Crippen molar-refractivity contribution in [2.24, 2.45) is 11.3 Å². The molecule has 0 radical (unpaired) electrons. The Morgan fingerprint density at radius 1 is 1.50 bits per heavy atom. The second kappa shape index (κ2) is 3.26. The number of hydrogen-bond donors (Lipinski definition) is 1. The van der Waals surface area contributed by atoms with E-state index in [2.05, 4.69) is 0 Å². The molecule has 1 aliphatic heterocycles. The van der Waals surface area contributed by atoms with Crippen LogP contribution in [0.4, 0.5) is 0 Å². The van der Waals surface area contributed by atoms with Crippen LogP contribution in [-0.2, 0) is 9.59 Å². The van der Waals surface area contributed by atoms with Crippen LogP contribution >= 0.6 is 0 Å². The maximum atomic E-state index is 11.4. The highest BCUT2D eigenvalue weighted by Crippen LogP contribution is 2.36. The highest BCUT2D eigenvalue weighted by Gasteiger charge is 2.47. The molecule has 0 aromatic heterocycles. The Morgan fingerprint density at radius 2 is 2.00 bits per heavy atom. The summed E-state index contributed by atoms with van der Waals surface area (Å²) >= 11 is 0. The number of likely N-dealkylation sites (tertiary alicyclic amines) is 1. The van der Waals surface area contributed by atoms with Crippen molar-refractivity contribution in [3.05, 3.63) is 0 Å². The summed E-state index contributed by atoms with van der Waals surface area (Å²) in [6.45, 7) is 5.88. The molecule has 14 heavy (non-hydrogen) atoms. The molecule has 0 aromatic rings.